The van der Waals surface area contributed by atoms with Crippen molar-refractivity contribution in [1.29, 1.82) is 0 Å². The summed E-state index contributed by atoms with van der Waals surface area (Å²) in [6, 6.07) is 9.43. The molecule has 3 heteroatoms. The fourth-order valence-corrected chi connectivity index (χ4v) is 3.28. The number of para-hydroxylation sites is 1. The van der Waals surface area contributed by atoms with Crippen molar-refractivity contribution < 1.29 is 4.79 Å². The summed E-state index contributed by atoms with van der Waals surface area (Å²) in [5, 5.41) is 2.80. The molecule has 1 aromatic carbocycles. The molecule has 1 aliphatic heterocycles. The zero-order chi connectivity index (χ0) is 14.4. The normalized spacial score (nSPS) is 20.1. The number of nitrogens with one attached hydrogen (secondary N) is 1. The molecule has 0 spiro atoms. The van der Waals surface area contributed by atoms with Gasteiger partial charge in [0, 0.05) is 17.8 Å². The summed E-state index contributed by atoms with van der Waals surface area (Å²) in [7, 11) is 0. The van der Waals surface area contributed by atoms with Crippen LogP contribution in [0.3, 0.4) is 0 Å². The van der Waals surface area contributed by atoms with Crippen LogP contribution in [0.15, 0.2) is 24.3 Å². The molecule has 1 N–H and O–H groups in total. The lowest BCUT2D eigenvalue weighted by Gasteiger charge is -2.38. The highest BCUT2D eigenvalue weighted by Gasteiger charge is 2.24. The van der Waals surface area contributed by atoms with E-state index in [0.717, 1.165) is 18.5 Å². The Balaban J connectivity index is 1.98. The van der Waals surface area contributed by atoms with E-state index >= 15 is 0 Å². The number of hydrogen-bond acceptors (Lipinski definition) is 2. The minimum absolute atomic E-state index is 0.628. The van der Waals surface area contributed by atoms with E-state index in [0.29, 0.717) is 12.1 Å². The van der Waals surface area contributed by atoms with Crippen LogP contribution in [0.2, 0.25) is 0 Å². The maximum absolute atomic E-state index is 10.7. The van der Waals surface area contributed by atoms with Crippen LogP contribution in [-0.4, -0.2) is 29.9 Å². The van der Waals surface area contributed by atoms with Gasteiger partial charge in [-0.05, 0) is 57.7 Å². The third-order valence-corrected chi connectivity index (χ3v) is 4.31. The Labute approximate surface area is 122 Å². The maximum Gasteiger partial charge on any atom is 0.211 e. The van der Waals surface area contributed by atoms with Crippen molar-refractivity contribution in [2.24, 2.45) is 0 Å². The topological polar surface area (TPSA) is 32.3 Å². The molecule has 0 saturated carbocycles. The zero-order valence-electron chi connectivity index (χ0n) is 12.6. The number of anilines is 1. The molecule has 0 aromatic heterocycles. The predicted molar refractivity (Wildman–Crippen MR) is 83.9 cm³/mol. The van der Waals surface area contributed by atoms with Gasteiger partial charge in [-0.25, -0.2) is 0 Å². The van der Waals surface area contributed by atoms with Crippen molar-refractivity contribution in [2.75, 3.05) is 11.9 Å². The van der Waals surface area contributed by atoms with E-state index in [2.05, 4.69) is 30.1 Å². The Bertz CT molecular complexity index is 431. The number of hydrogen-bond donors (Lipinski definition) is 1. The van der Waals surface area contributed by atoms with E-state index in [1.165, 1.54) is 37.8 Å². The smallest absolute Gasteiger partial charge is 0.211 e. The Morgan fingerprint density at radius 3 is 2.90 bits per heavy atom. The summed E-state index contributed by atoms with van der Waals surface area (Å²) in [6.07, 6.45) is 6.96. The molecule has 20 heavy (non-hydrogen) atoms. The molecule has 1 atom stereocenters. The average Bonchev–Trinajstić information content (AvgIpc) is 2.47. The van der Waals surface area contributed by atoms with E-state index in [-0.39, 0.29) is 0 Å². The number of carbonyl (C=O) groups excluding carboxylic acids is 1. The molecule has 1 amide bonds. The molecule has 1 aromatic rings. The SMILES string of the molecule is CC(C)N1CCCCC1CCc1ccccc1NC=O. The van der Waals surface area contributed by atoms with Crippen LogP contribution in [0, 0.1) is 0 Å². The van der Waals surface area contributed by atoms with Crippen LogP contribution in [0.5, 0.6) is 0 Å². The molecule has 1 aliphatic rings. The minimum atomic E-state index is 0.628. The van der Waals surface area contributed by atoms with Crippen LogP contribution in [0.4, 0.5) is 5.69 Å². The molecule has 1 fully saturated rings. The van der Waals surface area contributed by atoms with Gasteiger partial charge in [-0.1, -0.05) is 24.6 Å². The van der Waals surface area contributed by atoms with E-state index < -0.39 is 0 Å². The molecule has 1 saturated heterocycles. The average molecular weight is 274 g/mol. The molecule has 2 rings (SSSR count). The molecule has 0 aliphatic carbocycles. The number of aryl methyl sites for hydroxylation is 1. The van der Waals surface area contributed by atoms with Crippen LogP contribution >= 0.6 is 0 Å². The quantitative estimate of drug-likeness (QED) is 0.806. The van der Waals surface area contributed by atoms with E-state index in [4.69, 9.17) is 0 Å². The van der Waals surface area contributed by atoms with Gasteiger partial charge in [-0.2, -0.15) is 0 Å². The summed E-state index contributed by atoms with van der Waals surface area (Å²) in [6.45, 7) is 5.82. The number of benzene rings is 1. The summed E-state index contributed by atoms with van der Waals surface area (Å²) < 4.78 is 0. The minimum Gasteiger partial charge on any atom is -0.328 e. The maximum atomic E-state index is 10.7. The first-order chi connectivity index (χ1) is 9.72. The van der Waals surface area contributed by atoms with Gasteiger partial charge in [0.2, 0.25) is 6.41 Å². The second-order valence-corrected chi connectivity index (χ2v) is 5.94. The number of rotatable bonds is 6. The van der Waals surface area contributed by atoms with Crippen molar-refractivity contribution in [2.45, 2.75) is 58.0 Å². The highest BCUT2D eigenvalue weighted by Crippen LogP contribution is 2.25. The lowest BCUT2D eigenvalue weighted by atomic mass is 9.94. The number of piperidine rings is 1. The van der Waals surface area contributed by atoms with Crippen molar-refractivity contribution in [3.63, 3.8) is 0 Å². The Kier molecular flexibility index (Phi) is 5.60. The van der Waals surface area contributed by atoms with E-state index in [1.54, 1.807) is 0 Å². The van der Waals surface area contributed by atoms with Gasteiger partial charge >= 0.3 is 0 Å². The highest BCUT2D eigenvalue weighted by molar-refractivity contribution is 5.73. The first kappa shape index (κ1) is 15.0. The van der Waals surface area contributed by atoms with Gasteiger partial charge in [0.1, 0.15) is 0 Å². The highest BCUT2D eigenvalue weighted by atomic mass is 16.1. The van der Waals surface area contributed by atoms with Crippen molar-refractivity contribution >= 4 is 12.1 Å². The van der Waals surface area contributed by atoms with E-state index in [1.807, 2.05) is 18.2 Å². The summed E-state index contributed by atoms with van der Waals surface area (Å²) in [5.74, 6) is 0. The molecule has 1 heterocycles. The fourth-order valence-electron chi connectivity index (χ4n) is 3.28. The van der Waals surface area contributed by atoms with Crippen molar-refractivity contribution in [3.8, 4) is 0 Å². The third kappa shape index (κ3) is 3.83. The molecule has 0 bridgehead atoms. The molecule has 1 unspecified atom stereocenters. The third-order valence-electron chi connectivity index (χ3n) is 4.31. The Hall–Kier alpha value is -1.35. The second-order valence-electron chi connectivity index (χ2n) is 5.94. The number of nitrogens with zero attached hydrogens (tertiary/aromatic N) is 1. The first-order valence-corrected chi connectivity index (χ1v) is 7.76. The summed E-state index contributed by atoms with van der Waals surface area (Å²) in [5.41, 5.74) is 2.20. The number of likely N-dealkylation sites (tertiary alicyclic amines) is 1. The van der Waals surface area contributed by atoms with Gasteiger partial charge < -0.3 is 5.32 Å². The molecular formula is C17H26N2O. The fraction of sp³-hybridized carbons (Fsp3) is 0.588. The number of carbonyl (C=O) groups is 1. The van der Waals surface area contributed by atoms with E-state index in [9.17, 15) is 4.79 Å². The molecule has 3 nitrogen and oxygen atoms in total. The zero-order valence-corrected chi connectivity index (χ0v) is 12.6. The second kappa shape index (κ2) is 7.44. The monoisotopic (exact) mass is 274 g/mol. The van der Waals surface area contributed by atoms with Crippen LogP contribution < -0.4 is 5.32 Å². The predicted octanol–water partition coefficient (Wildman–Crippen LogP) is 3.45. The van der Waals surface area contributed by atoms with Crippen molar-refractivity contribution in [1.82, 2.24) is 4.90 Å². The standard InChI is InChI=1S/C17H26N2O/c1-14(2)19-12-6-5-8-16(19)11-10-15-7-3-4-9-17(15)18-13-20/h3-4,7,9,13-14,16H,5-6,8,10-12H2,1-2H3,(H,18,20). The first-order valence-electron chi connectivity index (χ1n) is 7.76. The van der Waals surface area contributed by atoms with Crippen LogP contribution in [0.1, 0.15) is 45.1 Å². The Morgan fingerprint density at radius 2 is 2.15 bits per heavy atom. The van der Waals surface area contributed by atoms with Gasteiger partial charge in [0.15, 0.2) is 0 Å². The Morgan fingerprint density at radius 1 is 1.35 bits per heavy atom. The van der Waals surface area contributed by atoms with Crippen molar-refractivity contribution in [3.05, 3.63) is 29.8 Å². The molecule has 0 radical (unpaired) electrons. The van der Waals surface area contributed by atoms with Gasteiger partial charge in [0.25, 0.3) is 0 Å². The van der Waals surface area contributed by atoms with Crippen LogP contribution in [0.25, 0.3) is 0 Å². The number of amides is 1. The lowest BCUT2D eigenvalue weighted by molar-refractivity contribution is -0.105. The molecular weight excluding hydrogens is 248 g/mol. The summed E-state index contributed by atoms with van der Waals surface area (Å²) >= 11 is 0. The van der Waals surface area contributed by atoms with Crippen LogP contribution in [-0.2, 0) is 11.2 Å². The lowest BCUT2D eigenvalue weighted by Crippen LogP contribution is -2.44. The van der Waals surface area contributed by atoms with Gasteiger partial charge in [0.05, 0.1) is 0 Å². The van der Waals surface area contributed by atoms with Gasteiger partial charge in [-0.15, -0.1) is 0 Å². The van der Waals surface area contributed by atoms with Gasteiger partial charge in [-0.3, -0.25) is 9.69 Å². The summed E-state index contributed by atoms with van der Waals surface area (Å²) in [4.78, 5) is 13.3. The molecule has 110 valence electrons. The largest absolute Gasteiger partial charge is 0.328 e.